The quantitative estimate of drug-likeness (QED) is 0.803. The summed E-state index contributed by atoms with van der Waals surface area (Å²) in [5.74, 6) is -0.620. The van der Waals surface area contributed by atoms with Crippen LogP contribution in [-0.2, 0) is 0 Å². The fraction of sp³-hybridized carbons (Fsp3) is 0.0714. The van der Waals surface area contributed by atoms with Crippen LogP contribution in [-0.4, -0.2) is 10.9 Å². The Morgan fingerprint density at radius 2 is 1.71 bits per heavy atom. The number of benzene rings is 2. The van der Waals surface area contributed by atoms with Crippen LogP contribution < -0.4 is 0 Å². The van der Waals surface area contributed by atoms with E-state index in [0.717, 1.165) is 11.6 Å². The number of Topliss-reactive ketones (excluding diaryl/α,β-unsaturated/α-hetero) is 1. The molecule has 3 heteroatoms. The predicted octanol–water partition coefficient (Wildman–Crippen LogP) is 3.40. The van der Waals surface area contributed by atoms with Gasteiger partial charge in [-0.25, -0.2) is 4.39 Å². The number of phenols is 1. The molecule has 0 aliphatic rings. The van der Waals surface area contributed by atoms with Gasteiger partial charge in [0.05, 0.1) is 0 Å². The van der Waals surface area contributed by atoms with E-state index in [9.17, 15) is 14.3 Å². The highest BCUT2D eigenvalue weighted by atomic mass is 19.1. The van der Waals surface area contributed by atoms with Crippen LogP contribution in [0.1, 0.15) is 17.3 Å². The Bertz CT molecular complexity index is 539. The zero-order valence-electron chi connectivity index (χ0n) is 9.27. The summed E-state index contributed by atoms with van der Waals surface area (Å²) in [5, 5.41) is 9.30. The molecular formula is C14H11FO2. The van der Waals surface area contributed by atoms with Crippen molar-refractivity contribution in [2.45, 2.75) is 6.92 Å². The number of rotatable bonds is 2. The lowest BCUT2D eigenvalue weighted by Gasteiger charge is -2.04. The molecule has 17 heavy (non-hydrogen) atoms. The Labute approximate surface area is 98.3 Å². The molecule has 0 saturated carbocycles. The molecule has 2 rings (SSSR count). The van der Waals surface area contributed by atoms with Gasteiger partial charge in [0.25, 0.3) is 0 Å². The Morgan fingerprint density at radius 3 is 2.24 bits per heavy atom. The molecule has 0 fully saturated rings. The average Bonchev–Trinajstić information content (AvgIpc) is 2.28. The van der Waals surface area contributed by atoms with Crippen LogP contribution >= 0.6 is 0 Å². The largest absolute Gasteiger partial charge is 0.508 e. The molecule has 2 aromatic rings. The number of carbonyl (C=O) groups excluding carboxylic acids is 1. The van der Waals surface area contributed by atoms with Crippen molar-refractivity contribution in [2.24, 2.45) is 0 Å². The molecule has 86 valence electrons. The summed E-state index contributed by atoms with van der Waals surface area (Å²) < 4.78 is 13.1. The lowest BCUT2D eigenvalue weighted by Crippen LogP contribution is -1.90. The summed E-state index contributed by atoms with van der Waals surface area (Å²) in [6, 6.07) is 10.7. The van der Waals surface area contributed by atoms with Gasteiger partial charge in [0, 0.05) is 11.6 Å². The third kappa shape index (κ3) is 2.50. The van der Waals surface area contributed by atoms with Crippen LogP contribution in [0.5, 0.6) is 5.75 Å². The van der Waals surface area contributed by atoms with E-state index >= 15 is 0 Å². The van der Waals surface area contributed by atoms with Crippen molar-refractivity contribution in [1.29, 1.82) is 0 Å². The van der Waals surface area contributed by atoms with Crippen molar-refractivity contribution < 1.29 is 14.3 Å². The van der Waals surface area contributed by atoms with Gasteiger partial charge in [-0.3, -0.25) is 4.79 Å². The lowest BCUT2D eigenvalue weighted by molar-refractivity contribution is 0.101. The second-order valence-corrected chi connectivity index (χ2v) is 3.83. The predicted molar refractivity (Wildman–Crippen MR) is 63.5 cm³/mol. The average molecular weight is 230 g/mol. The first-order valence-corrected chi connectivity index (χ1v) is 5.17. The molecule has 2 aromatic carbocycles. The number of ketones is 1. The maximum absolute atomic E-state index is 13.1. The van der Waals surface area contributed by atoms with E-state index in [-0.39, 0.29) is 11.5 Å². The minimum Gasteiger partial charge on any atom is -0.508 e. The molecule has 2 nitrogen and oxygen atoms in total. The standard InChI is InChI=1S/C14H11FO2/c1-9(16)10-2-4-11(5-3-10)12-6-13(15)8-14(17)7-12/h2-8,17H,1H3. The summed E-state index contributed by atoms with van der Waals surface area (Å²) in [4.78, 5) is 11.1. The van der Waals surface area contributed by atoms with Crippen molar-refractivity contribution in [3.8, 4) is 16.9 Å². The molecule has 0 aliphatic carbocycles. The Hall–Kier alpha value is -2.16. The van der Waals surface area contributed by atoms with E-state index in [4.69, 9.17) is 0 Å². The van der Waals surface area contributed by atoms with Gasteiger partial charge in [0.1, 0.15) is 11.6 Å². The van der Waals surface area contributed by atoms with Crippen LogP contribution in [0.15, 0.2) is 42.5 Å². The first-order valence-electron chi connectivity index (χ1n) is 5.17. The monoisotopic (exact) mass is 230 g/mol. The number of carbonyl (C=O) groups is 1. The van der Waals surface area contributed by atoms with Crippen molar-refractivity contribution in [1.82, 2.24) is 0 Å². The fourth-order valence-electron chi connectivity index (χ4n) is 1.64. The van der Waals surface area contributed by atoms with Crippen molar-refractivity contribution in [3.05, 3.63) is 53.8 Å². The highest BCUT2D eigenvalue weighted by Crippen LogP contribution is 2.25. The summed E-state index contributed by atoms with van der Waals surface area (Å²) in [6.45, 7) is 1.49. The minimum atomic E-state index is -0.490. The van der Waals surface area contributed by atoms with E-state index in [0.29, 0.717) is 11.1 Å². The smallest absolute Gasteiger partial charge is 0.159 e. The molecule has 0 bridgehead atoms. The highest BCUT2D eigenvalue weighted by Gasteiger charge is 2.04. The van der Waals surface area contributed by atoms with Gasteiger partial charge < -0.3 is 5.11 Å². The molecule has 0 unspecified atom stereocenters. The lowest BCUT2D eigenvalue weighted by atomic mass is 10.0. The molecule has 0 radical (unpaired) electrons. The van der Waals surface area contributed by atoms with Crippen molar-refractivity contribution >= 4 is 5.78 Å². The molecule has 0 spiro atoms. The van der Waals surface area contributed by atoms with Crippen LogP contribution in [0.2, 0.25) is 0 Å². The number of hydrogen-bond donors (Lipinski definition) is 1. The van der Waals surface area contributed by atoms with Crippen LogP contribution in [0.25, 0.3) is 11.1 Å². The topological polar surface area (TPSA) is 37.3 Å². The van der Waals surface area contributed by atoms with E-state index in [1.54, 1.807) is 24.3 Å². The van der Waals surface area contributed by atoms with Gasteiger partial charge in [-0.05, 0) is 30.2 Å². The highest BCUT2D eigenvalue weighted by molar-refractivity contribution is 5.94. The molecular weight excluding hydrogens is 219 g/mol. The molecule has 0 saturated heterocycles. The number of halogens is 1. The van der Waals surface area contributed by atoms with Gasteiger partial charge in [-0.15, -0.1) is 0 Å². The number of aromatic hydroxyl groups is 1. The van der Waals surface area contributed by atoms with Gasteiger partial charge in [0.15, 0.2) is 5.78 Å². The summed E-state index contributed by atoms with van der Waals surface area (Å²) in [5.41, 5.74) is 1.94. The van der Waals surface area contributed by atoms with Gasteiger partial charge in [-0.2, -0.15) is 0 Å². The van der Waals surface area contributed by atoms with Gasteiger partial charge in [-0.1, -0.05) is 24.3 Å². The van der Waals surface area contributed by atoms with Gasteiger partial charge in [0.2, 0.25) is 0 Å². The second kappa shape index (κ2) is 4.37. The van der Waals surface area contributed by atoms with Crippen LogP contribution in [0, 0.1) is 5.82 Å². The zero-order chi connectivity index (χ0) is 12.4. The molecule has 0 aromatic heterocycles. The van der Waals surface area contributed by atoms with E-state index in [2.05, 4.69) is 0 Å². The zero-order valence-corrected chi connectivity index (χ0v) is 9.27. The number of phenolic OH excluding ortho intramolecular Hbond substituents is 1. The Balaban J connectivity index is 2.43. The second-order valence-electron chi connectivity index (χ2n) is 3.83. The Morgan fingerprint density at radius 1 is 1.06 bits per heavy atom. The third-order valence-electron chi connectivity index (χ3n) is 2.51. The normalized spacial score (nSPS) is 10.2. The van der Waals surface area contributed by atoms with E-state index in [1.165, 1.54) is 19.1 Å². The number of hydrogen-bond acceptors (Lipinski definition) is 2. The third-order valence-corrected chi connectivity index (χ3v) is 2.51. The first kappa shape index (κ1) is 11.3. The summed E-state index contributed by atoms with van der Waals surface area (Å²) in [7, 11) is 0. The molecule has 1 N–H and O–H groups in total. The van der Waals surface area contributed by atoms with Crippen molar-refractivity contribution in [2.75, 3.05) is 0 Å². The van der Waals surface area contributed by atoms with Crippen LogP contribution in [0.4, 0.5) is 4.39 Å². The maximum atomic E-state index is 13.1. The Kier molecular flexibility index (Phi) is 2.91. The molecule has 0 atom stereocenters. The summed E-state index contributed by atoms with van der Waals surface area (Å²) >= 11 is 0. The molecule has 0 aliphatic heterocycles. The fourth-order valence-corrected chi connectivity index (χ4v) is 1.64. The minimum absolute atomic E-state index is 0.0151. The summed E-state index contributed by atoms with van der Waals surface area (Å²) in [6.07, 6.45) is 0. The maximum Gasteiger partial charge on any atom is 0.159 e. The van der Waals surface area contributed by atoms with Gasteiger partial charge >= 0.3 is 0 Å². The molecule has 0 heterocycles. The van der Waals surface area contributed by atoms with Crippen LogP contribution in [0.3, 0.4) is 0 Å². The first-order chi connectivity index (χ1) is 8.06. The van der Waals surface area contributed by atoms with E-state index < -0.39 is 5.82 Å². The molecule has 0 amide bonds. The SMILES string of the molecule is CC(=O)c1ccc(-c2cc(O)cc(F)c2)cc1. The van der Waals surface area contributed by atoms with E-state index in [1.807, 2.05) is 0 Å². The van der Waals surface area contributed by atoms with Crippen molar-refractivity contribution in [3.63, 3.8) is 0 Å².